The minimum Gasteiger partial charge on any atom is -0.449 e. The van der Waals surface area contributed by atoms with Crippen molar-refractivity contribution in [3.63, 3.8) is 0 Å². The number of anilines is 2. The third kappa shape index (κ3) is 3.67. The lowest BCUT2D eigenvalue weighted by molar-refractivity contribution is -0.117. The average molecular weight is 357 g/mol. The summed E-state index contributed by atoms with van der Waals surface area (Å²) in [7, 11) is 0. The summed E-state index contributed by atoms with van der Waals surface area (Å²) >= 11 is 0. The molecule has 27 heavy (non-hydrogen) atoms. The molecule has 1 aromatic heterocycles. The van der Waals surface area contributed by atoms with Gasteiger partial charge in [-0.05, 0) is 36.2 Å². The first-order chi connectivity index (χ1) is 13.2. The van der Waals surface area contributed by atoms with Gasteiger partial charge in [-0.1, -0.05) is 36.4 Å². The van der Waals surface area contributed by atoms with E-state index in [-0.39, 0.29) is 11.7 Å². The fourth-order valence-electron chi connectivity index (χ4n) is 3.03. The lowest BCUT2D eigenvalue weighted by Gasteiger charge is -2.30. The van der Waals surface area contributed by atoms with Gasteiger partial charge in [0.25, 0.3) is 5.91 Å². The first-order valence-electron chi connectivity index (χ1n) is 8.76. The monoisotopic (exact) mass is 357 g/mol. The summed E-state index contributed by atoms with van der Waals surface area (Å²) in [6, 6.07) is 20.9. The van der Waals surface area contributed by atoms with Crippen LogP contribution in [0.25, 0.3) is 6.08 Å². The van der Waals surface area contributed by atoms with Gasteiger partial charge in [-0.3, -0.25) is 9.78 Å². The number of aromatic nitrogens is 1. The number of nitrogens with two attached hydrogens (primary N) is 1. The highest BCUT2D eigenvalue weighted by molar-refractivity contribution is 6.09. The van der Waals surface area contributed by atoms with Crippen LogP contribution in [0.5, 0.6) is 5.75 Å². The molecular formula is C22H19N3O2. The van der Waals surface area contributed by atoms with Gasteiger partial charge >= 0.3 is 0 Å². The number of pyridine rings is 1. The number of hydrogen-bond donors (Lipinski definition) is 1. The summed E-state index contributed by atoms with van der Waals surface area (Å²) in [6.45, 7) is 0.544. The van der Waals surface area contributed by atoms with Gasteiger partial charge < -0.3 is 15.4 Å². The second-order valence-electron chi connectivity index (χ2n) is 6.28. The highest BCUT2D eigenvalue weighted by Crippen LogP contribution is 2.37. The summed E-state index contributed by atoms with van der Waals surface area (Å²) in [5.41, 5.74) is 9.05. The van der Waals surface area contributed by atoms with Gasteiger partial charge in [0.15, 0.2) is 11.5 Å². The third-order valence-electron chi connectivity index (χ3n) is 4.38. The van der Waals surface area contributed by atoms with Crippen molar-refractivity contribution in [2.45, 2.75) is 6.42 Å². The maximum Gasteiger partial charge on any atom is 0.294 e. The molecule has 2 N–H and O–H groups in total. The molecule has 0 bridgehead atoms. The predicted octanol–water partition coefficient (Wildman–Crippen LogP) is 3.67. The first kappa shape index (κ1) is 16.8. The molecule has 4 rings (SSSR count). The van der Waals surface area contributed by atoms with Crippen LogP contribution < -0.4 is 15.4 Å². The highest BCUT2D eigenvalue weighted by Gasteiger charge is 2.30. The molecule has 1 aliphatic rings. The molecule has 5 nitrogen and oxygen atoms in total. The first-order valence-corrected chi connectivity index (χ1v) is 8.76. The van der Waals surface area contributed by atoms with Crippen molar-refractivity contribution >= 4 is 23.4 Å². The lowest BCUT2D eigenvalue weighted by atomic mass is 10.1. The van der Waals surface area contributed by atoms with Gasteiger partial charge in [-0.25, -0.2) is 0 Å². The van der Waals surface area contributed by atoms with E-state index in [0.717, 1.165) is 12.1 Å². The molecular weight excluding hydrogens is 338 g/mol. The molecule has 2 aromatic carbocycles. The Bertz CT molecular complexity index is 985. The molecule has 0 radical (unpaired) electrons. The van der Waals surface area contributed by atoms with Crippen LogP contribution in [0.1, 0.15) is 11.3 Å². The average Bonchev–Trinajstić information content (AvgIpc) is 2.70. The van der Waals surface area contributed by atoms with Crippen molar-refractivity contribution in [3.8, 4) is 5.75 Å². The lowest BCUT2D eigenvalue weighted by Crippen LogP contribution is -2.38. The topological polar surface area (TPSA) is 68.5 Å². The van der Waals surface area contributed by atoms with Crippen molar-refractivity contribution < 1.29 is 9.53 Å². The molecule has 1 aliphatic heterocycles. The van der Waals surface area contributed by atoms with Gasteiger partial charge in [-0.15, -0.1) is 0 Å². The van der Waals surface area contributed by atoms with Gasteiger partial charge in [0.2, 0.25) is 0 Å². The van der Waals surface area contributed by atoms with Crippen LogP contribution in [-0.4, -0.2) is 17.4 Å². The smallest absolute Gasteiger partial charge is 0.294 e. The van der Waals surface area contributed by atoms with Crippen molar-refractivity contribution in [2.24, 2.45) is 0 Å². The van der Waals surface area contributed by atoms with E-state index in [9.17, 15) is 4.79 Å². The SMILES string of the molecule is Nc1ccc2c(c1)O/C(=C/c1ccccn1)C(=O)N2CCc1ccccc1. The quantitative estimate of drug-likeness (QED) is 0.571. The number of carbonyl (C=O) groups excluding carboxylic acids is 1. The molecule has 0 unspecified atom stereocenters. The number of nitrogens with zero attached hydrogens (tertiary/aromatic N) is 2. The third-order valence-corrected chi connectivity index (χ3v) is 4.38. The number of amides is 1. The van der Waals surface area contributed by atoms with Crippen LogP contribution in [0, 0.1) is 0 Å². The largest absolute Gasteiger partial charge is 0.449 e. The van der Waals surface area contributed by atoms with Gasteiger partial charge in [0, 0.05) is 30.6 Å². The zero-order chi connectivity index (χ0) is 18.6. The number of nitrogen functional groups attached to an aromatic ring is 1. The zero-order valence-corrected chi connectivity index (χ0v) is 14.7. The number of rotatable bonds is 4. The molecule has 0 saturated heterocycles. The molecule has 1 amide bonds. The van der Waals surface area contributed by atoms with E-state index in [2.05, 4.69) is 17.1 Å². The van der Waals surface area contributed by atoms with Crippen molar-refractivity contribution in [3.05, 3.63) is 89.9 Å². The molecule has 0 atom stereocenters. The number of fused-ring (bicyclic) bond motifs is 1. The van der Waals surface area contributed by atoms with Crippen molar-refractivity contribution in [1.82, 2.24) is 4.98 Å². The molecule has 0 saturated carbocycles. The van der Waals surface area contributed by atoms with Crippen LogP contribution in [0.15, 0.2) is 78.7 Å². The highest BCUT2D eigenvalue weighted by atomic mass is 16.5. The van der Waals surface area contributed by atoms with E-state index in [1.165, 1.54) is 5.56 Å². The van der Waals surface area contributed by atoms with E-state index in [1.54, 1.807) is 29.3 Å². The van der Waals surface area contributed by atoms with Crippen LogP contribution in [0.2, 0.25) is 0 Å². The Morgan fingerprint density at radius 3 is 2.63 bits per heavy atom. The summed E-state index contributed by atoms with van der Waals surface area (Å²) in [6.07, 6.45) is 4.08. The van der Waals surface area contributed by atoms with E-state index in [0.29, 0.717) is 23.7 Å². The molecule has 5 heteroatoms. The molecule has 134 valence electrons. The molecule has 0 aliphatic carbocycles. The van der Waals surface area contributed by atoms with E-state index < -0.39 is 0 Å². The van der Waals surface area contributed by atoms with Crippen molar-refractivity contribution in [1.29, 1.82) is 0 Å². The second kappa shape index (κ2) is 7.33. The van der Waals surface area contributed by atoms with Crippen molar-refractivity contribution in [2.75, 3.05) is 17.2 Å². The Hall–Kier alpha value is -3.60. The van der Waals surface area contributed by atoms with E-state index >= 15 is 0 Å². The standard InChI is InChI=1S/C22H19N3O2/c23-17-9-10-19-20(14-17)27-21(15-18-8-4-5-12-24-18)22(26)25(19)13-11-16-6-2-1-3-7-16/h1-10,12,14-15H,11,13,23H2/b21-15+. The summed E-state index contributed by atoms with van der Waals surface area (Å²) in [5, 5.41) is 0. The Morgan fingerprint density at radius 1 is 1.04 bits per heavy atom. The molecule has 0 fully saturated rings. The minimum absolute atomic E-state index is 0.186. The predicted molar refractivity (Wildman–Crippen MR) is 106 cm³/mol. The maximum atomic E-state index is 13.1. The normalized spacial score (nSPS) is 14.7. The minimum atomic E-state index is -0.186. The van der Waals surface area contributed by atoms with Gasteiger partial charge in [-0.2, -0.15) is 0 Å². The van der Waals surface area contributed by atoms with E-state index in [1.807, 2.05) is 42.5 Å². The fourth-order valence-corrected chi connectivity index (χ4v) is 3.03. The Labute approximate surface area is 157 Å². The van der Waals surface area contributed by atoms with Gasteiger partial charge in [0.1, 0.15) is 0 Å². The Balaban J connectivity index is 1.68. The zero-order valence-electron chi connectivity index (χ0n) is 14.7. The summed E-state index contributed by atoms with van der Waals surface area (Å²) < 4.78 is 5.86. The molecule has 3 aromatic rings. The van der Waals surface area contributed by atoms with Crippen LogP contribution >= 0.6 is 0 Å². The molecule has 0 spiro atoms. The van der Waals surface area contributed by atoms with Crippen LogP contribution in [-0.2, 0) is 11.2 Å². The summed E-state index contributed by atoms with van der Waals surface area (Å²) in [4.78, 5) is 19.1. The number of ether oxygens (including phenoxy) is 1. The number of carbonyl (C=O) groups is 1. The summed E-state index contributed by atoms with van der Waals surface area (Å²) in [5.74, 6) is 0.624. The maximum absolute atomic E-state index is 13.1. The number of benzene rings is 2. The van der Waals surface area contributed by atoms with E-state index in [4.69, 9.17) is 10.5 Å². The Morgan fingerprint density at radius 2 is 1.85 bits per heavy atom. The van der Waals surface area contributed by atoms with Crippen LogP contribution in [0.3, 0.4) is 0 Å². The fraction of sp³-hybridized carbons (Fsp3) is 0.0909. The second-order valence-corrected chi connectivity index (χ2v) is 6.28. The van der Waals surface area contributed by atoms with Crippen LogP contribution in [0.4, 0.5) is 11.4 Å². The van der Waals surface area contributed by atoms with Gasteiger partial charge in [0.05, 0.1) is 11.4 Å². The Kier molecular flexibility index (Phi) is 4.58. The molecule has 2 heterocycles. The number of hydrogen-bond acceptors (Lipinski definition) is 4.